The molecule has 0 amide bonds. The Labute approximate surface area is 82.9 Å². The molecule has 0 spiro atoms. The fourth-order valence-electron chi connectivity index (χ4n) is 0.789. The molecule has 0 aliphatic heterocycles. The zero-order valence-corrected chi connectivity index (χ0v) is 7.72. The Kier molecular flexibility index (Phi) is 3.29. The molecule has 1 aromatic rings. The van der Waals surface area contributed by atoms with Gasteiger partial charge < -0.3 is 10.8 Å². The molecular formula is C8H7F2NO2S. The number of nitrogens with two attached hydrogens (primary N) is 1. The first-order valence-electron chi connectivity index (χ1n) is 3.59. The molecule has 6 heteroatoms. The Hall–Kier alpha value is -1.30. The van der Waals surface area contributed by atoms with E-state index in [1.54, 1.807) is 0 Å². The number of benzene rings is 1. The van der Waals surface area contributed by atoms with Gasteiger partial charge in [-0.3, -0.25) is 0 Å². The van der Waals surface area contributed by atoms with Crippen molar-refractivity contribution >= 4 is 23.4 Å². The van der Waals surface area contributed by atoms with Gasteiger partial charge in [-0.25, -0.2) is 13.6 Å². The average molecular weight is 219 g/mol. The molecule has 0 bridgehead atoms. The van der Waals surface area contributed by atoms with E-state index in [0.717, 1.165) is 12.1 Å². The summed E-state index contributed by atoms with van der Waals surface area (Å²) in [5.74, 6) is -2.13. The van der Waals surface area contributed by atoms with E-state index in [-0.39, 0.29) is 10.6 Å². The lowest BCUT2D eigenvalue weighted by Gasteiger charge is -2.05. The van der Waals surface area contributed by atoms with Gasteiger partial charge in [0.25, 0.3) is 0 Å². The summed E-state index contributed by atoms with van der Waals surface area (Å²) < 4.78 is 25.3. The van der Waals surface area contributed by atoms with Crippen molar-refractivity contribution in [3.05, 3.63) is 24.0 Å². The fraction of sp³-hybridized carbons (Fsp3) is 0.125. The summed E-state index contributed by atoms with van der Waals surface area (Å²) in [5, 5.41) is 8.28. The maximum Gasteiger partial charge on any atom is 0.349 e. The topological polar surface area (TPSA) is 63.3 Å². The van der Waals surface area contributed by atoms with E-state index < -0.39 is 17.3 Å². The lowest BCUT2D eigenvalue weighted by atomic mass is 10.3. The van der Waals surface area contributed by atoms with Gasteiger partial charge in [0.2, 0.25) is 5.50 Å². The van der Waals surface area contributed by atoms with Crippen LogP contribution in [0.15, 0.2) is 23.1 Å². The van der Waals surface area contributed by atoms with Crippen LogP contribution in [0.5, 0.6) is 0 Å². The Morgan fingerprint density at radius 1 is 1.57 bits per heavy atom. The highest BCUT2D eigenvalue weighted by Gasteiger charge is 2.18. The van der Waals surface area contributed by atoms with Crippen molar-refractivity contribution in [2.24, 2.45) is 0 Å². The minimum atomic E-state index is -2.09. The molecule has 0 saturated carbocycles. The van der Waals surface area contributed by atoms with Crippen molar-refractivity contribution in [2.45, 2.75) is 10.4 Å². The summed E-state index contributed by atoms with van der Waals surface area (Å²) in [7, 11) is 0. The van der Waals surface area contributed by atoms with Crippen LogP contribution in [-0.2, 0) is 4.79 Å². The summed E-state index contributed by atoms with van der Waals surface area (Å²) in [4.78, 5) is 10.4. The smallest absolute Gasteiger partial charge is 0.349 e. The third-order valence-electron chi connectivity index (χ3n) is 1.40. The number of carbonyl (C=O) groups is 1. The number of hydrogen-bond acceptors (Lipinski definition) is 3. The molecule has 1 unspecified atom stereocenters. The van der Waals surface area contributed by atoms with Crippen molar-refractivity contribution in [2.75, 3.05) is 5.73 Å². The van der Waals surface area contributed by atoms with Gasteiger partial charge in [-0.2, -0.15) is 0 Å². The predicted molar refractivity (Wildman–Crippen MR) is 49.2 cm³/mol. The number of alkyl halides is 1. The number of rotatable bonds is 3. The van der Waals surface area contributed by atoms with Gasteiger partial charge in [0.1, 0.15) is 5.82 Å². The molecule has 0 aromatic heterocycles. The van der Waals surface area contributed by atoms with Gasteiger partial charge >= 0.3 is 5.97 Å². The monoisotopic (exact) mass is 219 g/mol. The fourth-order valence-corrected chi connectivity index (χ4v) is 1.45. The molecule has 0 fully saturated rings. The van der Waals surface area contributed by atoms with Crippen LogP contribution in [0.1, 0.15) is 0 Å². The number of aliphatic carboxylic acids is 1. The minimum absolute atomic E-state index is 0.0268. The quantitative estimate of drug-likeness (QED) is 0.601. The summed E-state index contributed by atoms with van der Waals surface area (Å²) in [6.45, 7) is 0. The van der Waals surface area contributed by atoms with Crippen molar-refractivity contribution < 1.29 is 18.7 Å². The van der Waals surface area contributed by atoms with E-state index >= 15 is 0 Å². The highest BCUT2D eigenvalue weighted by molar-refractivity contribution is 8.00. The molecule has 3 N–H and O–H groups in total. The van der Waals surface area contributed by atoms with Crippen LogP contribution in [-0.4, -0.2) is 16.6 Å². The molecule has 0 radical (unpaired) electrons. The van der Waals surface area contributed by atoms with Gasteiger partial charge in [0.05, 0.1) is 0 Å². The molecule has 1 aromatic carbocycles. The average Bonchev–Trinajstić information content (AvgIpc) is 2.09. The lowest BCUT2D eigenvalue weighted by molar-refractivity contribution is -0.139. The van der Waals surface area contributed by atoms with Gasteiger partial charge in [-0.1, -0.05) is 11.8 Å². The van der Waals surface area contributed by atoms with E-state index in [9.17, 15) is 13.6 Å². The summed E-state index contributed by atoms with van der Waals surface area (Å²) in [6.07, 6.45) is 0. The molecule has 76 valence electrons. The zero-order valence-electron chi connectivity index (χ0n) is 6.91. The van der Waals surface area contributed by atoms with E-state index in [2.05, 4.69) is 0 Å². The summed E-state index contributed by atoms with van der Waals surface area (Å²) in [6, 6.07) is 3.34. The van der Waals surface area contributed by atoms with Gasteiger partial charge in [0.15, 0.2) is 0 Å². The first-order valence-corrected chi connectivity index (χ1v) is 4.47. The molecule has 14 heavy (non-hydrogen) atoms. The number of carboxylic acid groups (broad SMARTS) is 1. The predicted octanol–water partition coefficient (Wildman–Crippen LogP) is 1.88. The third kappa shape index (κ3) is 2.59. The summed E-state index contributed by atoms with van der Waals surface area (Å²) >= 11 is 0.429. The molecule has 0 aliphatic rings. The Balaban J connectivity index is 2.82. The van der Waals surface area contributed by atoms with E-state index in [1.807, 2.05) is 0 Å². The van der Waals surface area contributed by atoms with Crippen LogP contribution in [0.3, 0.4) is 0 Å². The van der Waals surface area contributed by atoms with Crippen LogP contribution >= 0.6 is 11.8 Å². The Morgan fingerprint density at radius 3 is 2.71 bits per heavy atom. The second-order valence-electron chi connectivity index (χ2n) is 2.45. The second-order valence-corrected chi connectivity index (χ2v) is 3.54. The normalized spacial score (nSPS) is 12.4. The minimum Gasteiger partial charge on any atom is -0.478 e. The van der Waals surface area contributed by atoms with Gasteiger partial charge in [-0.05, 0) is 18.2 Å². The molecule has 3 nitrogen and oxygen atoms in total. The summed E-state index contributed by atoms with van der Waals surface area (Å²) in [5.41, 5.74) is 3.28. The SMILES string of the molecule is Nc1cc(F)ccc1SC(F)C(=O)O. The van der Waals surface area contributed by atoms with Crippen LogP contribution < -0.4 is 5.73 Å². The van der Waals surface area contributed by atoms with Crippen molar-refractivity contribution in [1.82, 2.24) is 0 Å². The van der Waals surface area contributed by atoms with Gasteiger partial charge in [0, 0.05) is 10.6 Å². The van der Waals surface area contributed by atoms with Gasteiger partial charge in [-0.15, -0.1) is 0 Å². The van der Waals surface area contributed by atoms with E-state index in [1.165, 1.54) is 6.07 Å². The number of thioether (sulfide) groups is 1. The highest BCUT2D eigenvalue weighted by Crippen LogP contribution is 2.29. The standard InChI is InChI=1S/C8H7F2NO2S/c9-4-1-2-6(5(11)3-4)14-7(10)8(12)13/h1-3,7H,11H2,(H,12,13). The van der Waals surface area contributed by atoms with E-state index in [0.29, 0.717) is 11.8 Å². The molecular weight excluding hydrogens is 212 g/mol. The number of nitrogen functional groups attached to an aromatic ring is 1. The van der Waals surface area contributed by atoms with Crippen molar-refractivity contribution in [1.29, 1.82) is 0 Å². The maximum atomic E-state index is 12.7. The molecule has 1 rings (SSSR count). The second kappa shape index (κ2) is 4.28. The first-order chi connectivity index (χ1) is 6.50. The highest BCUT2D eigenvalue weighted by atomic mass is 32.2. The van der Waals surface area contributed by atoms with Crippen LogP contribution in [0.2, 0.25) is 0 Å². The number of carboxylic acids is 1. The largest absolute Gasteiger partial charge is 0.478 e. The Morgan fingerprint density at radius 2 is 2.21 bits per heavy atom. The van der Waals surface area contributed by atoms with Crippen molar-refractivity contribution in [3.8, 4) is 0 Å². The van der Waals surface area contributed by atoms with Crippen LogP contribution in [0, 0.1) is 5.82 Å². The Bertz CT molecular complexity index is 359. The molecule has 0 saturated heterocycles. The third-order valence-corrected chi connectivity index (χ3v) is 2.43. The maximum absolute atomic E-state index is 12.7. The van der Waals surface area contributed by atoms with Crippen LogP contribution in [0.4, 0.5) is 14.5 Å². The lowest BCUT2D eigenvalue weighted by Crippen LogP contribution is -2.09. The van der Waals surface area contributed by atoms with Crippen molar-refractivity contribution in [3.63, 3.8) is 0 Å². The zero-order chi connectivity index (χ0) is 10.7. The first kappa shape index (κ1) is 10.8. The number of hydrogen-bond donors (Lipinski definition) is 2. The molecule has 1 atom stereocenters. The molecule has 0 aliphatic carbocycles. The number of anilines is 1. The number of halogens is 2. The molecule has 0 heterocycles. The van der Waals surface area contributed by atoms with E-state index in [4.69, 9.17) is 10.8 Å². The van der Waals surface area contributed by atoms with Crippen LogP contribution in [0.25, 0.3) is 0 Å².